The van der Waals surface area contributed by atoms with Crippen molar-refractivity contribution in [2.75, 3.05) is 32.2 Å². The van der Waals surface area contributed by atoms with E-state index in [9.17, 15) is 13.2 Å². The molecule has 0 saturated carbocycles. The lowest BCUT2D eigenvalue weighted by Gasteiger charge is -2.10. The SMILES string of the molecule is CCOCCOCc1cccc(NC(=O)NCc2ccc(CS(=O)(=O)NC)cc2)c1. The van der Waals surface area contributed by atoms with Gasteiger partial charge in [-0.05, 0) is 42.8 Å². The molecule has 30 heavy (non-hydrogen) atoms. The van der Waals surface area contributed by atoms with Crippen LogP contribution in [-0.2, 0) is 38.4 Å². The lowest BCUT2D eigenvalue weighted by atomic mass is 10.1. The molecule has 0 bridgehead atoms. The molecule has 2 rings (SSSR count). The number of rotatable bonds is 12. The number of urea groups is 1. The highest BCUT2D eigenvalue weighted by Crippen LogP contribution is 2.12. The molecule has 0 aliphatic carbocycles. The van der Waals surface area contributed by atoms with E-state index in [0.29, 0.717) is 44.2 Å². The van der Waals surface area contributed by atoms with Gasteiger partial charge in [0.2, 0.25) is 10.0 Å². The van der Waals surface area contributed by atoms with Gasteiger partial charge in [-0.2, -0.15) is 0 Å². The van der Waals surface area contributed by atoms with Crippen LogP contribution in [0.1, 0.15) is 23.6 Å². The van der Waals surface area contributed by atoms with Gasteiger partial charge in [0.25, 0.3) is 0 Å². The Morgan fingerprint density at radius 1 is 0.967 bits per heavy atom. The first kappa shape index (κ1) is 23.8. The molecular formula is C21H29N3O5S. The molecular weight excluding hydrogens is 406 g/mol. The van der Waals surface area contributed by atoms with E-state index in [0.717, 1.165) is 11.1 Å². The van der Waals surface area contributed by atoms with Crippen LogP contribution in [0.2, 0.25) is 0 Å². The molecule has 0 fully saturated rings. The minimum Gasteiger partial charge on any atom is -0.379 e. The van der Waals surface area contributed by atoms with Gasteiger partial charge in [0.15, 0.2) is 0 Å². The van der Waals surface area contributed by atoms with Gasteiger partial charge >= 0.3 is 6.03 Å². The first-order valence-electron chi connectivity index (χ1n) is 9.70. The van der Waals surface area contributed by atoms with Crippen molar-refractivity contribution in [2.45, 2.75) is 25.8 Å². The minimum atomic E-state index is -3.30. The fourth-order valence-electron chi connectivity index (χ4n) is 2.59. The molecule has 164 valence electrons. The number of amides is 2. The summed E-state index contributed by atoms with van der Waals surface area (Å²) in [7, 11) is -1.92. The van der Waals surface area contributed by atoms with Gasteiger partial charge in [-0.15, -0.1) is 0 Å². The van der Waals surface area contributed by atoms with E-state index in [1.807, 2.05) is 25.1 Å². The van der Waals surface area contributed by atoms with Crippen molar-refractivity contribution < 1.29 is 22.7 Å². The van der Waals surface area contributed by atoms with Crippen molar-refractivity contribution in [1.82, 2.24) is 10.0 Å². The molecule has 0 heterocycles. The average molecular weight is 436 g/mol. The third-order valence-electron chi connectivity index (χ3n) is 4.17. The molecule has 9 heteroatoms. The number of hydrogen-bond donors (Lipinski definition) is 3. The van der Waals surface area contributed by atoms with Crippen LogP contribution in [0.3, 0.4) is 0 Å². The summed E-state index contributed by atoms with van der Waals surface area (Å²) in [5.41, 5.74) is 3.17. The zero-order valence-electron chi connectivity index (χ0n) is 17.3. The summed E-state index contributed by atoms with van der Waals surface area (Å²) < 4.78 is 36.2. The third kappa shape index (κ3) is 8.91. The molecule has 3 N–H and O–H groups in total. The predicted octanol–water partition coefficient (Wildman–Crippen LogP) is 2.61. The molecule has 0 saturated heterocycles. The second-order valence-corrected chi connectivity index (χ2v) is 8.46. The van der Waals surface area contributed by atoms with Crippen LogP contribution in [0.5, 0.6) is 0 Å². The maximum atomic E-state index is 12.2. The normalized spacial score (nSPS) is 11.3. The quantitative estimate of drug-likeness (QED) is 0.445. The number of anilines is 1. The van der Waals surface area contributed by atoms with Gasteiger partial charge in [-0.3, -0.25) is 0 Å². The summed E-state index contributed by atoms with van der Waals surface area (Å²) in [4.78, 5) is 12.2. The molecule has 0 unspecified atom stereocenters. The molecule has 0 atom stereocenters. The van der Waals surface area contributed by atoms with Gasteiger partial charge in [0, 0.05) is 18.8 Å². The highest BCUT2D eigenvalue weighted by atomic mass is 32.2. The van der Waals surface area contributed by atoms with Crippen molar-refractivity contribution in [3.8, 4) is 0 Å². The number of ether oxygens (including phenoxy) is 2. The van der Waals surface area contributed by atoms with Crippen molar-refractivity contribution in [2.24, 2.45) is 0 Å². The fraction of sp³-hybridized carbons (Fsp3) is 0.381. The molecule has 2 aromatic rings. The number of carbonyl (C=O) groups is 1. The molecule has 2 amide bonds. The van der Waals surface area contributed by atoms with E-state index in [2.05, 4.69) is 15.4 Å². The van der Waals surface area contributed by atoms with Crippen LogP contribution in [-0.4, -0.2) is 41.3 Å². The third-order valence-corrected chi connectivity index (χ3v) is 5.51. The molecule has 2 aromatic carbocycles. The van der Waals surface area contributed by atoms with E-state index < -0.39 is 10.0 Å². The maximum Gasteiger partial charge on any atom is 0.319 e. The van der Waals surface area contributed by atoms with Crippen LogP contribution >= 0.6 is 0 Å². The van der Waals surface area contributed by atoms with E-state index in [1.54, 1.807) is 30.3 Å². The molecule has 0 spiro atoms. The predicted molar refractivity (Wildman–Crippen MR) is 117 cm³/mol. The van der Waals surface area contributed by atoms with Gasteiger partial charge < -0.3 is 20.1 Å². The van der Waals surface area contributed by atoms with E-state index >= 15 is 0 Å². The van der Waals surface area contributed by atoms with Crippen LogP contribution in [0.25, 0.3) is 0 Å². The molecule has 0 aliphatic rings. The maximum absolute atomic E-state index is 12.2. The molecule has 0 aromatic heterocycles. The highest BCUT2D eigenvalue weighted by Gasteiger charge is 2.08. The summed E-state index contributed by atoms with van der Waals surface area (Å²) in [6.07, 6.45) is 0. The Morgan fingerprint density at radius 2 is 1.67 bits per heavy atom. The number of sulfonamides is 1. The highest BCUT2D eigenvalue weighted by molar-refractivity contribution is 7.88. The van der Waals surface area contributed by atoms with Gasteiger partial charge in [0.1, 0.15) is 0 Å². The van der Waals surface area contributed by atoms with E-state index in [-0.39, 0.29) is 11.8 Å². The monoisotopic (exact) mass is 435 g/mol. The van der Waals surface area contributed by atoms with Gasteiger partial charge in [-0.1, -0.05) is 36.4 Å². The van der Waals surface area contributed by atoms with Crippen molar-refractivity contribution >= 4 is 21.7 Å². The average Bonchev–Trinajstić information content (AvgIpc) is 2.73. The smallest absolute Gasteiger partial charge is 0.319 e. The summed E-state index contributed by atoms with van der Waals surface area (Å²) in [5, 5.41) is 5.58. The van der Waals surface area contributed by atoms with Crippen LogP contribution in [0.4, 0.5) is 10.5 Å². The van der Waals surface area contributed by atoms with E-state index in [4.69, 9.17) is 9.47 Å². The number of hydrogen-bond acceptors (Lipinski definition) is 5. The number of nitrogens with one attached hydrogen (secondary N) is 3. The van der Waals surface area contributed by atoms with Crippen LogP contribution in [0.15, 0.2) is 48.5 Å². The lowest BCUT2D eigenvalue weighted by molar-refractivity contribution is 0.0453. The van der Waals surface area contributed by atoms with Crippen molar-refractivity contribution in [3.63, 3.8) is 0 Å². The van der Waals surface area contributed by atoms with Crippen molar-refractivity contribution in [3.05, 3.63) is 65.2 Å². The fourth-order valence-corrected chi connectivity index (χ4v) is 3.37. The summed E-state index contributed by atoms with van der Waals surface area (Å²) in [6, 6.07) is 14.2. The Bertz CT molecular complexity index is 901. The van der Waals surface area contributed by atoms with Gasteiger partial charge in [-0.25, -0.2) is 17.9 Å². The molecule has 8 nitrogen and oxygen atoms in total. The first-order valence-corrected chi connectivity index (χ1v) is 11.4. The molecule has 0 radical (unpaired) electrons. The standard InChI is InChI=1S/C21H29N3O5S/c1-3-28-11-12-29-15-19-5-4-6-20(13-19)24-21(25)23-14-17-7-9-18(10-8-17)16-30(26,27)22-2/h4-10,13,22H,3,11-12,14-16H2,1-2H3,(H2,23,24,25). The Kier molecular flexibility index (Phi) is 9.75. The van der Waals surface area contributed by atoms with Crippen LogP contribution < -0.4 is 15.4 Å². The number of carbonyl (C=O) groups excluding carboxylic acids is 1. The summed E-state index contributed by atoms with van der Waals surface area (Å²) >= 11 is 0. The second-order valence-electron chi connectivity index (χ2n) is 6.54. The molecule has 0 aliphatic heterocycles. The summed E-state index contributed by atoms with van der Waals surface area (Å²) in [6.45, 7) is 4.45. The minimum absolute atomic E-state index is 0.0800. The second kappa shape index (κ2) is 12.3. The Balaban J connectivity index is 1.78. The Labute approximate surface area is 178 Å². The Hall–Kier alpha value is -2.46. The lowest BCUT2D eigenvalue weighted by Crippen LogP contribution is -2.28. The van der Waals surface area contributed by atoms with Crippen molar-refractivity contribution in [1.29, 1.82) is 0 Å². The largest absolute Gasteiger partial charge is 0.379 e. The zero-order valence-corrected chi connectivity index (χ0v) is 18.1. The van der Waals surface area contributed by atoms with Gasteiger partial charge in [0.05, 0.1) is 25.6 Å². The first-order chi connectivity index (χ1) is 14.4. The summed E-state index contributed by atoms with van der Waals surface area (Å²) in [5.74, 6) is -0.0800. The zero-order chi connectivity index (χ0) is 21.8. The van der Waals surface area contributed by atoms with Crippen LogP contribution in [0, 0.1) is 0 Å². The Morgan fingerprint density at radius 3 is 2.37 bits per heavy atom. The van der Waals surface area contributed by atoms with E-state index in [1.165, 1.54) is 7.05 Å². The topological polar surface area (TPSA) is 106 Å². The number of benzene rings is 2.